The molecule has 0 fully saturated rings. The number of hydrogen-bond donors (Lipinski definition) is 1. The Morgan fingerprint density at radius 3 is 2.46 bits per heavy atom. The maximum Gasteiger partial charge on any atom is 0.345 e. The summed E-state index contributed by atoms with van der Waals surface area (Å²) in [6.45, 7) is 3.98. The summed E-state index contributed by atoms with van der Waals surface area (Å²) in [4.78, 5) is 25.3. The van der Waals surface area contributed by atoms with Crippen LogP contribution in [0.25, 0.3) is 10.8 Å². The molecule has 0 atom stereocenters. The van der Waals surface area contributed by atoms with Crippen LogP contribution in [-0.2, 0) is 0 Å². The van der Waals surface area contributed by atoms with E-state index in [0.717, 1.165) is 10.8 Å². The van der Waals surface area contributed by atoms with Crippen LogP contribution in [-0.4, -0.2) is 24.7 Å². The highest BCUT2D eigenvalue weighted by Crippen LogP contribution is 2.28. The Bertz CT molecular complexity index is 1410. The van der Waals surface area contributed by atoms with Crippen LogP contribution in [0, 0.1) is 0 Å². The number of carbonyl (C=O) groups is 2. The Balaban J connectivity index is 1.56. The summed E-state index contributed by atoms with van der Waals surface area (Å²) < 4.78 is 11.1. The summed E-state index contributed by atoms with van der Waals surface area (Å²) in [6, 6.07) is 24.4. The smallest absolute Gasteiger partial charge is 0.345 e. The Kier molecular flexibility index (Phi) is 7.55. The molecule has 0 heterocycles. The fraction of sp³-hybridized carbons (Fsp3) is 0.0357. The molecule has 0 spiro atoms. The van der Waals surface area contributed by atoms with Gasteiger partial charge in [0.2, 0.25) is 0 Å². The van der Waals surface area contributed by atoms with E-state index in [0.29, 0.717) is 28.5 Å². The molecule has 0 radical (unpaired) electrons. The van der Waals surface area contributed by atoms with Crippen LogP contribution >= 0.6 is 11.6 Å². The van der Waals surface area contributed by atoms with E-state index in [4.69, 9.17) is 21.1 Å². The zero-order chi connectivity index (χ0) is 24.6. The van der Waals surface area contributed by atoms with Crippen molar-refractivity contribution in [3.05, 3.63) is 119 Å². The third-order valence-corrected chi connectivity index (χ3v) is 5.40. The van der Waals surface area contributed by atoms with Crippen molar-refractivity contribution in [1.82, 2.24) is 5.43 Å². The number of hydrogen-bond acceptors (Lipinski definition) is 5. The van der Waals surface area contributed by atoms with Gasteiger partial charge in [0.25, 0.3) is 5.91 Å². The van der Waals surface area contributed by atoms with E-state index in [2.05, 4.69) is 17.1 Å². The maximum atomic E-state index is 12.7. The van der Waals surface area contributed by atoms with Gasteiger partial charge in [0.15, 0.2) is 0 Å². The number of esters is 1. The van der Waals surface area contributed by atoms with Crippen molar-refractivity contribution in [3.8, 4) is 11.5 Å². The molecule has 4 aromatic carbocycles. The quantitative estimate of drug-likeness (QED) is 0.109. The summed E-state index contributed by atoms with van der Waals surface area (Å²) >= 11 is 6.14. The first-order chi connectivity index (χ1) is 17.1. The van der Waals surface area contributed by atoms with Crippen molar-refractivity contribution in [2.45, 2.75) is 0 Å². The number of rotatable bonds is 8. The third-order valence-electron chi connectivity index (χ3n) is 5.07. The van der Waals surface area contributed by atoms with Crippen LogP contribution in [0.2, 0.25) is 5.02 Å². The van der Waals surface area contributed by atoms with Gasteiger partial charge >= 0.3 is 5.97 Å². The van der Waals surface area contributed by atoms with E-state index >= 15 is 0 Å². The minimum atomic E-state index is -0.594. The van der Waals surface area contributed by atoms with Gasteiger partial charge in [-0.05, 0) is 53.2 Å². The zero-order valence-electron chi connectivity index (χ0n) is 18.6. The van der Waals surface area contributed by atoms with Gasteiger partial charge in [0.05, 0.1) is 16.8 Å². The number of carbonyl (C=O) groups excluding carboxylic acids is 2. The van der Waals surface area contributed by atoms with Gasteiger partial charge in [0, 0.05) is 11.1 Å². The van der Waals surface area contributed by atoms with Gasteiger partial charge < -0.3 is 9.47 Å². The van der Waals surface area contributed by atoms with Crippen molar-refractivity contribution < 1.29 is 19.1 Å². The summed E-state index contributed by atoms with van der Waals surface area (Å²) in [5.74, 6) is -0.0734. The molecule has 0 saturated heterocycles. The Hall–Kier alpha value is -4.42. The van der Waals surface area contributed by atoms with E-state index < -0.39 is 11.9 Å². The van der Waals surface area contributed by atoms with Gasteiger partial charge in [-0.25, -0.2) is 10.2 Å². The minimum absolute atomic E-state index is 0.249. The lowest BCUT2D eigenvalue weighted by Crippen LogP contribution is -2.17. The molecule has 6 nitrogen and oxygen atoms in total. The first-order valence-corrected chi connectivity index (χ1v) is 11.1. The summed E-state index contributed by atoms with van der Waals surface area (Å²) in [7, 11) is 0. The second-order valence-electron chi connectivity index (χ2n) is 7.39. The highest BCUT2D eigenvalue weighted by molar-refractivity contribution is 6.33. The third kappa shape index (κ3) is 5.75. The monoisotopic (exact) mass is 484 g/mol. The molecule has 0 aliphatic carbocycles. The highest BCUT2D eigenvalue weighted by Gasteiger charge is 2.16. The molecule has 4 aromatic rings. The lowest BCUT2D eigenvalue weighted by Gasteiger charge is -2.11. The Labute approximate surface area is 207 Å². The number of ether oxygens (including phenoxy) is 2. The van der Waals surface area contributed by atoms with E-state index in [1.807, 2.05) is 30.3 Å². The SMILES string of the molecule is C=CCOc1ccc(C(=O)N/N=C/c2c(OC(=O)c3ccccc3Cl)ccc3ccccc23)cc1. The number of benzene rings is 4. The first kappa shape index (κ1) is 23.7. The Morgan fingerprint density at radius 2 is 1.69 bits per heavy atom. The first-order valence-electron chi connectivity index (χ1n) is 10.7. The fourth-order valence-electron chi connectivity index (χ4n) is 3.36. The molecule has 174 valence electrons. The summed E-state index contributed by atoms with van der Waals surface area (Å²) in [5, 5.41) is 6.13. The van der Waals surface area contributed by atoms with Crippen LogP contribution in [0.5, 0.6) is 11.5 Å². The maximum absolute atomic E-state index is 12.7. The van der Waals surface area contributed by atoms with Gasteiger partial charge in [-0.2, -0.15) is 5.10 Å². The Morgan fingerprint density at radius 1 is 0.943 bits per heavy atom. The van der Waals surface area contributed by atoms with Gasteiger partial charge in [0.1, 0.15) is 18.1 Å². The van der Waals surface area contributed by atoms with Crippen molar-refractivity contribution >= 4 is 40.5 Å². The molecular weight excluding hydrogens is 464 g/mol. The van der Waals surface area contributed by atoms with E-state index in [-0.39, 0.29) is 11.3 Å². The van der Waals surface area contributed by atoms with Crippen LogP contribution in [0.3, 0.4) is 0 Å². The highest BCUT2D eigenvalue weighted by atomic mass is 35.5. The molecule has 0 saturated carbocycles. The van der Waals surface area contributed by atoms with Gasteiger partial charge in [-0.3, -0.25) is 4.79 Å². The molecule has 35 heavy (non-hydrogen) atoms. The lowest BCUT2D eigenvalue weighted by molar-refractivity contribution is 0.0734. The second kappa shape index (κ2) is 11.1. The lowest BCUT2D eigenvalue weighted by atomic mass is 10.0. The van der Waals surface area contributed by atoms with E-state index in [1.54, 1.807) is 60.7 Å². The predicted octanol–water partition coefficient (Wildman–Crippen LogP) is 6.04. The average molecular weight is 485 g/mol. The number of halogens is 1. The molecule has 1 N–H and O–H groups in total. The molecule has 0 aliphatic heterocycles. The molecule has 0 aliphatic rings. The number of nitrogens with zero attached hydrogens (tertiary/aromatic N) is 1. The molecule has 1 amide bonds. The van der Waals surface area contributed by atoms with Gasteiger partial charge in [-0.15, -0.1) is 0 Å². The number of fused-ring (bicyclic) bond motifs is 1. The van der Waals surface area contributed by atoms with E-state index in [1.165, 1.54) is 6.21 Å². The molecule has 0 bridgehead atoms. The molecule has 0 unspecified atom stereocenters. The molecular formula is C28H21ClN2O4. The molecule has 0 aromatic heterocycles. The second-order valence-corrected chi connectivity index (χ2v) is 7.80. The van der Waals surface area contributed by atoms with Crippen molar-refractivity contribution in [1.29, 1.82) is 0 Å². The molecule has 4 rings (SSSR count). The van der Waals surface area contributed by atoms with Crippen LogP contribution in [0.1, 0.15) is 26.3 Å². The summed E-state index contributed by atoms with van der Waals surface area (Å²) in [5.41, 5.74) is 3.71. The predicted molar refractivity (Wildman–Crippen MR) is 138 cm³/mol. The van der Waals surface area contributed by atoms with Crippen molar-refractivity contribution in [2.24, 2.45) is 5.10 Å². The number of nitrogens with one attached hydrogen (secondary N) is 1. The standard InChI is InChI=1S/C28H21ClN2O4/c1-2-17-34-21-14-11-20(12-15-21)27(32)31-30-18-24-22-8-4-3-7-19(22)13-16-26(24)35-28(33)23-9-5-6-10-25(23)29/h2-16,18H,1,17H2,(H,31,32)/b30-18+. The minimum Gasteiger partial charge on any atom is -0.490 e. The van der Waals surface area contributed by atoms with Crippen molar-refractivity contribution in [3.63, 3.8) is 0 Å². The zero-order valence-corrected chi connectivity index (χ0v) is 19.4. The fourth-order valence-corrected chi connectivity index (χ4v) is 3.57. The summed E-state index contributed by atoms with van der Waals surface area (Å²) in [6.07, 6.45) is 3.10. The number of hydrazone groups is 1. The average Bonchev–Trinajstić information content (AvgIpc) is 2.89. The normalized spacial score (nSPS) is 10.8. The van der Waals surface area contributed by atoms with E-state index in [9.17, 15) is 9.59 Å². The number of amides is 1. The van der Waals surface area contributed by atoms with Crippen LogP contribution < -0.4 is 14.9 Å². The van der Waals surface area contributed by atoms with Gasteiger partial charge in [-0.1, -0.05) is 66.7 Å². The van der Waals surface area contributed by atoms with Crippen LogP contribution in [0.15, 0.2) is 103 Å². The molecule has 7 heteroatoms. The van der Waals surface area contributed by atoms with Crippen molar-refractivity contribution in [2.75, 3.05) is 6.61 Å². The largest absolute Gasteiger partial charge is 0.490 e. The topological polar surface area (TPSA) is 77.0 Å². The van der Waals surface area contributed by atoms with Crippen LogP contribution in [0.4, 0.5) is 0 Å².